The van der Waals surface area contributed by atoms with E-state index in [1.54, 1.807) is 6.07 Å². The maximum Gasteiger partial charge on any atom is 1.00 e. The molecular weight excluding hydrogens is 476 g/mol. The quantitative estimate of drug-likeness (QED) is 0.380. The van der Waals surface area contributed by atoms with Crippen LogP contribution in [-0.2, 0) is 16.6 Å². The predicted octanol–water partition coefficient (Wildman–Crippen LogP) is -2.19. The number of aromatic nitrogens is 2. The maximum absolute atomic E-state index is 13.4. The molecule has 2 amide bonds. The Morgan fingerprint density at radius 1 is 1.24 bits per heavy atom. The van der Waals surface area contributed by atoms with Gasteiger partial charge in [0.2, 0.25) is 15.9 Å². The molecule has 1 aromatic carbocycles. The van der Waals surface area contributed by atoms with E-state index in [9.17, 15) is 27.5 Å². The number of sulfonamides is 1. The molecule has 3 heterocycles. The number of hydrogen-bond donors (Lipinski definition) is 2. The van der Waals surface area contributed by atoms with Crippen LogP contribution in [0.5, 0.6) is 5.75 Å². The second-order valence-corrected chi connectivity index (χ2v) is 9.47. The van der Waals surface area contributed by atoms with Gasteiger partial charge < -0.3 is 16.2 Å². The summed E-state index contributed by atoms with van der Waals surface area (Å²) in [5.41, 5.74) is 4.75. The van der Waals surface area contributed by atoms with Crippen molar-refractivity contribution in [2.75, 3.05) is 16.6 Å². The smallest absolute Gasteiger partial charge is 0.869 e. The minimum atomic E-state index is -3.68. The molecule has 0 radical (unpaired) electrons. The van der Waals surface area contributed by atoms with Crippen LogP contribution in [0.2, 0.25) is 0 Å². The van der Waals surface area contributed by atoms with E-state index in [1.165, 1.54) is 18.3 Å². The first-order valence-corrected chi connectivity index (χ1v) is 11.6. The predicted molar refractivity (Wildman–Crippen MR) is 115 cm³/mol. The van der Waals surface area contributed by atoms with E-state index in [0.717, 1.165) is 16.4 Å². The Labute approximate surface area is 216 Å². The van der Waals surface area contributed by atoms with Crippen LogP contribution in [0.1, 0.15) is 39.3 Å². The summed E-state index contributed by atoms with van der Waals surface area (Å²) < 4.78 is 39.8. The summed E-state index contributed by atoms with van der Waals surface area (Å²) in [4.78, 5) is 32.6. The number of hydrogen-bond acceptors (Lipinski definition) is 7. The number of carbonyl (C=O) groups excluding carboxylic acids is 2. The van der Waals surface area contributed by atoms with Crippen LogP contribution in [-0.4, -0.2) is 42.5 Å². The van der Waals surface area contributed by atoms with E-state index in [0.29, 0.717) is 12.8 Å². The van der Waals surface area contributed by atoms with Crippen LogP contribution in [0, 0.1) is 5.82 Å². The Kier molecular flexibility index (Phi) is 7.76. The van der Waals surface area contributed by atoms with E-state index < -0.39 is 39.1 Å². The van der Waals surface area contributed by atoms with Crippen molar-refractivity contribution < 1.29 is 57.1 Å². The topological polar surface area (TPSA) is 158 Å². The van der Waals surface area contributed by atoms with Gasteiger partial charge in [0.15, 0.2) is 5.82 Å². The molecule has 1 aliphatic heterocycles. The zero-order valence-corrected chi connectivity index (χ0v) is 21.1. The number of amides is 2. The van der Waals surface area contributed by atoms with Gasteiger partial charge in [-0.2, -0.15) is 0 Å². The van der Waals surface area contributed by atoms with Crippen molar-refractivity contribution in [2.45, 2.75) is 19.4 Å². The normalized spacial score (nSPS) is 14.9. The maximum atomic E-state index is 13.4. The van der Waals surface area contributed by atoms with Gasteiger partial charge in [-0.3, -0.25) is 18.9 Å². The Morgan fingerprint density at radius 3 is 2.71 bits per heavy atom. The van der Waals surface area contributed by atoms with Crippen LogP contribution < -0.4 is 50.0 Å². The third-order valence-electron chi connectivity index (χ3n) is 5.27. The summed E-state index contributed by atoms with van der Waals surface area (Å²) in [5.74, 6) is -3.33. The van der Waals surface area contributed by atoms with Gasteiger partial charge in [-0.15, -0.1) is 0 Å². The SMILES string of the molecule is NC(=O)c1cc(F)ccc1CNC(=O)c1nc(N2CCCCS2(=O)=O)c2cccnc2c1[O-].[Na+]. The van der Waals surface area contributed by atoms with Gasteiger partial charge >= 0.3 is 29.6 Å². The average molecular weight is 495 g/mol. The van der Waals surface area contributed by atoms with Crippen LogP contribution in [0.3, 0.4) is 0 Å². The number of anilines is 1. The average Bonchev–Trinajstić information content (AvgIpc) is 2.78. The van der Waals surface area contributed by atoms with Gasteiger partial charge in [0.05, 0.1) is 11.3 Å². The monoisotopic (exact) mass is 495 g/mol. The number of rotatable bonds is 5. The Bertz CT molecular complexity index is 1390. The molecule has 0 bridgehead atoms. The van der Waals surface area contributed by atoms with E-state index in [1.807, 2.05) is 0 Å². The molecular formula is C21H19FN5NaO5S. The van der Waals surface area contributed by atoms with Crippen LogP contribution >= 0.6 is 0 Å². The molecule has 0 aliphatic carbocycles. The summed E-state index contributed by atoms with van der Waals surface area (Å²) in [6.07, 6.45) is 2.46. The third kappa shape index (κ3) is 4.99. The molecule has 3 N–H and O–H groups in total. The molecule has 4 rings (SSSR count). The molecule has 1 fully saturated rings. The Balaban J connectivity index is 0.00000324. The summed E-state index contributed by atoms with van der Waals surface area (Å²) in [6, 6.07) is 6.40. The second kappa shape index (κ2) is 10.2. The largest absolute Gasteiger partial charge is 1.00 e. The standard InChI is InChI=1S/C21H20FN5O5S.Na/c22-13-6-5-12(15(10-13)19(23)29)11-25-21(30)17-18(28)16-14(4-3-7-24-16)20(26-17)27-8-1-2-9-33(27,31)32;/h3-7,10,28H,1-2,8-9,11H2,(H2,23,29)(H,25,30);/q;+1/p-1. The fraction of sp³-hybridized carbons (Fsp3) is 0.238. The summed E-state index contributed by atoms with van der Waals surface area (Å²) >= 11 is 0. The van der Waals surface area contributed by atoms with E-state index in [-0.39, 0.29) is 76.2 Å². The fourth-order valence-electron chi connectivity index (χ4n) is 3.66. The zero-order chi connectivity index (χ0) is 23.8. The number of pyridine rings is 2. The first-order chi connectivity index (χ1) is 15.7. The second-order valence-electron chi connectivity index (χ2n) is 7.46. The van der Waals surface area contributed by atoms with Crippen LogP contribution in [0.4, 0.5) is 10.2 Å². The van der Waals surface area contributed by atoms with Gasteiger partial charge in [-0.25, -0.2) is 17.8 Å². The number of fused-ring (bicyclic) bond motifs is 1. The van der Waals surface area contributed by atoms with Gasteiger partial charge in [-0.05, 0) is 48.4 Å². The molecule has 0 saturated carbocycles. The molecule has 1 saturated heterocycles. The summed E-state index contributed by atoms with van der Waals surface area (Å²) in [7, 11) is -3.68. The first-order valence-electron chi connectivity index (χ1n) is 10.0. The first kappa shape index (κ1) is 25.8. The number of benzene rings is 1. The number of carbonyl (C=O) groups is 2. The van der Waals surface area contributed by atoms with E-state index in [4.69, 9.17) is 5.73 Å². The molecule has 2 aromatic heterocycles. The molecule has 0 unspecified atom stereocenters. The molecule has 0 spiro atoms. The van der Waals surface area contributed by atoms with Crippen molar-refractivity contribution in [1.29, 1.82) is 0 Å². The minimum absolute atomic E-state index is 0. The van der Waals surface area contributed by atoms with Crippen molar-refractivity contribution in [2.24, 2.45) is 5.73 Å². The van der Waals surface area contributed by atoms with Gasteiger partial charge in [0.25, 0.3) is 5.91 Å². The molecule has 34 heavy (non-hydrogen) atoms. The summed E-state index contributed by atoms with van der Waals surface area (Å²) in [6.45, 7) is -0.0771. The van der Waals surface area contributed by atoms with Crippen molar-refractivity contribution in [3.05, 3.63) is 59.2 Å². The van der Waals surface area contributed by atoms with Crippen LogP contribution in [0.25, 0.3) is 10.9 Å². The van der Waals surface area contributed by atoms with Gasteiger partial charge in [0.1, 0.15) is 11.5 Å². The number of halogens is 1. The number of nitrogens with one attached hydrogen (secondary N) is 1. The molecule has 13 heteroatoms. The number of nitrogens with zero attached hydrogens (tertiary/aromatic N) is 3. The number of primary amides is 1. The molecule has 172 valence electrons. The fourth-order valence-corrected chi connectivity index (χ4v) is 5.26. The van der Waals surface area contributed by atoms with Gasteiger partial charge in [-0.1, -0.05) is 6.07 Å². The molecule has 10 nitrogen and oxygen atoms in total. The van der Waals surface area contributed by atoms with Crippen molar-refractivity contribution >= 4 is 38.6 Å². The molecule has 1 aliphatic rings. The third-order valence-corrected chi connectivity index (χ3v) is 7.11. The Hall–Kier alpha value is -2.80. The van der Waals surface area contributed by atoms with Crippen LogP contribution in [0.15, 0.2) is 36.5 Å². The molecule has 3 aromatic rings. The summed E-state index contributed by atoms with van der Waals surface area (Å²) in [5, 5.41) is 15.6. The van der Waals surface area contributed by atoms with Gasteiger partial charge in [0, 0.05) is 30.2 Å². The Morgan fingerprint density at radius 2 is 2.00 bits per heavy atom. The van der Waals surface area contributed by atoms with Crippen molar-refractivity contribution in [3.8, 4) is 5.75 Å². The minimum Gasteiger partial charge on any atom is -0.869 e. The van der Waals surface area contributed by atoms with Crippen molar-refractivity contribution in [1.82, 2.24) is 15.3 Å². The number of nitrogens with two attached hydrogens (primary N) is 1. The van der Waals surface area contributed by atoms with Crippen molar-refractivity contribution in [3.63, 3.8) is 0 Å². The van der Waals surface area contributed by atoms with E-state index in [2.05, 4.69) is 15.3 Å². The zero-order valence-electron chi connectivity index (χ0n) is 18.2. The van der Waals surface area contributed by atoms with E-state index >= 15 is 0 Å². The molecule has 0 atom stereocenters.